The van der Waals surface area contributed by atoms with Gasteiger partial charge in [0.1, 0.15) is 4.90 Å². The van der Waals surface area contributed by atoms with Crippen molar-refractivity contribution in [3.63, 3.8) is 0 Å². The minimum atomic E-state index is -4.70. The van der Waals surface area contributed by atoms with Crippen LogP contribution in [0.25, 0.3) is 0 Å². The minimum absolute atomic E-state index is 0.0368. The number of halogens is 4. The number of carbonyl (C=O) groups excluding carboxylic acids is 2. The molecule has 0 bridgehead atoms. The molecule has 8 nitrogen and oxygen atoms in total. The van der Waals surface area contributed by atoms with Gasteiger partial charge in [-0.1, -0.05) is 24.9 Å². The summed E-state index contributed by atoms with van der Waals surface area (Å²) in [5.41, 5.74) is -1.11. The summed E-state index contributed by atoms with van der Waals surface area (Å²) in [5.74, 6) is -0.536. The summed E-state index contributed by atoms with van der Waals surface area (Å²) in [6.45, 7) is 2.56. The Hall–Kier alpha value is -1.89. The molecule has 1 aromatic carbocycles. The van der Waals surface area contributed by atoms with E-state index in [2.05, 4.69) is 10.6 Å². The van der Waals surface area contributed by atoms with Gasteiger partial charge in [-0.15, -0.1) is 0 Å². The molecule has 0 aromatic heterocycles. The number of hydrogen-bond donors (Lipinski definition) is 2. The summed E-state index contributed by atoms with van der Waals surface area (Å²) in [6.07, 6.45) is -3.02. The first kappa shape index (κ1) is 25.4. The Morgan fingerprint density at radius 1 is 1.16 bits per heavy atom. The maximum absolute atomic E-state index is 13.0. The highest BCUT2D eigenvalue weighted by molar-refractivity contribution is 7.89. The first-order valence-electron chi connectivity index (χ1n) is 9.62. The molecule has 3 amide bonds. The molecule has 0 atom stereocenters. The van der Waals surface area contributed by atoms with Crippen molar-refractivity contribution in [2.45, 2.75) is 30.8 Å². The van der Waals surface area contributed by atoms with Crippen molar-refractivity contribution < 1.29 is 31.2 Å². The van der Waals surface area contributed by atoms with Gasteiger partial charge in [0.15, 0.2) is 0 Å². The topological polar surface area (TPSA) is 98.8 Å². The lowest BCUT2D eigenvalue weighted by molar-refractivity contribution is -0.137. The molecule has 1 aliphatic heterocycles. The molecular formula is C18H24ClF3N4O4S. The second-order valence-electron chi connectivity index (χ2n) is 6.98. The molecule has 0 aliphatic carbocycles. The van der Waals surface area contributed by atoms with Gasteiger partial charge in [0.25, 0.3) is 0 Å². The molecule has 1 fully saturated rings. The molecule has 31 heavy (non-hydrogen) atoms. The number of piperazine rings is 1. The number of rotatable bonds is 7. The van der Waals surface area contributed by atoms with Gasteiger partial charge in [-0.2, -0.15) is 17.5 Å². The summed E-state index contributed by atoms with van der Waals surface area (Å²) in [4.78, 5) is 24.6. The predicted molar refractivity (Wildman–Crippen MR) is 108 cm³/mol. The summed E-state index contributed by atoms with van der Waals surface area (Å²) in [7, 11) is -4.25. The number of nitrogens with one attached hydrogen (secondary N) is 2. The number of alkyl halides is 3. The molecule has 2 N–H and O–H groups in total. The fraction of sp³-hybridized carbons (Fsp3) is 0.556. The van der Waals surface area contributed by atoms with Crippen molar-refractivity contribution in [2.75, 3.05) is 39.3 Å². The van der Waals surface area contributed by atoms with Crippen LogP contribution in [0.1, 0.15) is 25.3 Å². The molecule has 0 unspecified atom stereocenters. The summed E-state index contributed by atoms with van der Waals surface area (Å²) in [5, 5.41) is 4.44. The number of carbonyl (C=O) groups is 2. The van der Waals surface area contributed by atoms with Crippen LogP contribution in [0, 0.1) is 0 Å². The maximum atomic E-state index is 13.0. The number of urea groups is 1. The monoisotopic (exact) mass is 484 g/mol. The Balaban J connectivity index is 1.95. The van der Waals surface area contributed by atoms with Gasteiger partial charge in [0.05, 0.1) is 17.1 Å². The normalized spacial score (nSPS) is 16.2. The van der Waals surface area contributed by atoms with Crippen LogP contribution in [0.2, 0.25) is 5.02 Å². The smallest absolute Gasteiger partial charge is 0.338 e. The first-order chi connectivity index (χ1) is 14.4. The number of hydrogen-bond acceptors (Lipinski definition) is 5. The average Bonchev–Trinajstić information content (AvgIpc) is 2.67. The molecule has 2 rings (SSSR count). The SMILES string of the molecule is CCCCNC(=O)NC(=O)CN1CCN(S(=O)(=O)c2cc(C(F)(F)F)ccc2Cl)CC1. The zero-order valence-corrected chi connectivity index (χ0v) is 18.4. The fourth-order valence-corrected chi connectivity index (χ4v) is 4.86. The van der Waals surface area contributed by atoms with E-state index in [1.807, 2.05) is 6.92 Å². The van der Waals surface area contributed by atoms with Gasteiger partial charge < -0.3 is 5.32 Å². The van der Waals surface area contributed by atoms with Crippen molar-refractivity contribution in [1.82, 2.24) is 19.8 Å². The van der Waals surface area contributed by atoms with Crippen LogP contribution in [0.15, 0.2) is 23.1 Å². The van der Waals surface area contributed by atoms with Crippen LogP contribution in [-0.4, -0.2) is 68.8 Å². The van der Waals surface area contributed by atoms with Crippen molar-refractivity contribution in [1.29, 1.82) is 0 Å². The third-order valence-corrected chi connectivity index (χ3v) is 7.02. The van der Waals surface area contributed by atoms with E-state index in [0.29, 0.717) is 12.6 Å². The highest BCUT2D eigenvalue weighted by atomic mass is 35.5. The van der Waals surface area contributed by atoms with Crippen LogP contribution < -0.4 is 10.6 Å². The van der Waals surface area contributed by atoms with Crippen molar-refractivity contribution in [2.24, 2.45) is 0 Å². The van der Waals surface area contributed by atoms with E-state index in [1.165, 1.54) is 0 Å². The number of nitrogens with zero attached hydrogens (tertiary/aromatic N) is 2. The predicted octanol–water partition coefficient (Wildman–Crippen LogP) is 2.29. The Morgan fingerprint density at radius 2 is 1.81 bits per heavy atom. The number of unbranched alkanes of at least 4 members (excludes halogenated alkanes) is 1. The van der Waals surface area contributed by atoms with E-state index in [4.69, 9.17) is 11.6 Å². The number of benzene rings is 1. The van der Waals surface area contributed by atoms with Gasteiger partial charge in [0, 0.05) is 32.7 Å². The number of amides is 3. The maximum Gasteiger partial charge on any atom is 0.416 e. The molecule has 0 radical (unpaired) electrons. The van der Waals surface area contributed by atoms with Crippen LogP contribution in [0.4, 0.5) is 18.0 Å². The Bertz CT molecular complexity index is 904. The molecule has 1 saturated heterocycles. The lowest BCUT2D eigenvalue weighted by atomic mass is 10.2. The summed E-state index contributed by atoms with van der Waals surface area (Å²) in [6, 6.07) is 1.55. The minimum Gasteiger partial charge on any atom is -0.338 e. The van der Waals surface area contributed by atoms with Crippen LogP contribution in [0.3, 0.4) is 0 Å². The van der Waals surface area contributed by atoms with E-state index in [1.54, 1.807) is 4.90 Å². The molecule has 1 aliphatic rings. The highest BCUT2D eigenvalue weighted by Crippen LogP contribution is 2.34. The molecule has 13 heteroatoms. The second kappa shape index (κ2) is 10.6. The lowest BCUT2D eigenvalue weighted by Crippen LogP contribution is -2.52. The van der Waals surface area contributed by atoms with Crippen molar-refractivity contribution in [3.05, 3.63) is 28.8 Å². The van der Waals surface area contributed by atoms with Crippen LogP contribution in [-0.2, 0) is 21.0 Å². The van der Waals surface area contributed by atoms with Gasteiger partial charge >= 0.3 is 12.2 Å². The Morgan fingerprint density at radius 3 is 2.39 bits per heavy atom. The third kappa shape index (κ3) is 7.06. The van der Waals surface area contributed by atoms with E-state index < -0.39 is 38.6 Å². The van der Waals surface area contributed by atoms with Gasteiger partial charge in [-0.05, 0) is 24.6 Å². The third-order valence-electron chi connectivity index (χ3n) is 4.64. The Kier molecular flexibility index (Phi) is 8.69. The first-order valence-corrected chi connectivity index (χ1v) is 11.4. The van der Waals surface area contributed by atoms with E-state index in [-0.39, 0.29) is 37.7 Å². The van der Waals surface area contributed by atoms with Crippen molar-refractivity contribution >= 4 is 33.6 Å². The van der Waals surface area contributed by atoms with Crippen molar-refractivity contribution in [3.8, 4) is 0 Å². The Labute approximate surface area is 183 Å². The number of imide groups is 1. The zero-order valence-electron chi connectivity index (χ0n) is 16.8. The lowest BCUT2D eigenvalue weighted by Gasteiger charge is -2.33. The van der Waals surface area contributed by atoms with Gasteiger partial charge in [0.2, 0.25) is 15.9 Å². The molecular weight excluding hydrogens is 461 g/mol. The average molecular weight is 485 g/mol. The van der Waals surface area contributed by atoms with Crippen LogP contribution in [0.5, 0.6) is 0 Å². The van der Waals surface area contributed by atoms with Gasteiger partial charge in [-0.3, -0.25) is 15.0 Å². The standard InChI is InChI=1S/C18H24ClF3N4O4S/c1-2-3-6-23-17(28)24-16(27)12-25-7-9-26(10-8-25)31(29,30)15-11-13(18(20,21)22)4-5-14(15)19/h4-5,11H,2-3,6-10,12H2,1H3,(H2,23,24,27,28). The summed E-state index contributed by atoms with van der Waals surface area (Å²) >= 11 is 5.87. The highest BCUT2D eigenvalue weighted by Gasteiger charge is 2.35. The molecule has 0 saturated carbocycles. The molecule has 1 aromatic rings. The van der Waals surface area contributed by atoms with E-state index >= 15 is 0 Å². The summed E-state index contributed by atoms with van der Waals surface area (Å²) < 4.78 is 65.5. The largest absolute Gasteiger partial charge is 0.416 e. The van der Waals surface area contributed by atoms with Gasteiger partial charge in [-0.25, -0.2) is 13.2 Å². The number of sulfonamides is 1. The zero-order chi connectivity index (χ0) is 23.2. The molecule has 174 valence electrons. The van der Waals surface area contributed by atoms with E-state index in [9.17, 15) is 31.2 Å². The molecule has 0 spiro atoms. The quantitative estimate of drug-likeness (QED) is 0.579. The van der Waals surface area contributed by atoms with E-state index in [0.717, 1.165) is 29.3 Å². The fourth-order valence-electron chi connectivity index (χ4n) is 2.94. The molecule has 1 heterocycles. The second-order valence-corrected chi connectivity index (χ2v) is 9.29. The van der Waals surface area contributed by atoms with Crippen LogP contribution >= 0.6 is 11.6 Å².